The van der Waals surface area contributed by atoms with E-state index in [0.29, 0.717) is 11.1 Å². The van der Waals surface area contributed by atoms with E-state index < -0.39 is 10.1 Å². The van der Waals surface area contributed by atoms with E-state index in [0.717, 1.165) is 5.39 Å². The normalized spacial score (nSPS) is 11.1. The zero-order chi connectivity index (χ0) is 11.1. The number of hydrogen-bond donors (Lipinski definition) is 1. The third-order valence-corrected chi connectivity index (χ3v) is 3.01. The van der Waals surface area contributed by atoms with Gasteiger partial charge in [0, 0.05) is 11.1 Å². The van der Waals surface area contributed by atoms with Crippen LogP contribution in [0.4, 0.5) is 5.69 Å². The summed E-state index contributed by atoms with van der Waals surface area (Å²) in [6.45, 7) is 0. The molecule has 2 aromatic carbocycles. The Morgan fingerprint density at radius 1 is 1.12 bits per heavy atom. The van der Waals surface area contributed by atoms with E-state index in [1.54, 1.807) is 24.3 Å². The Bertz CT molecular complexity index is 625. The van der Waals surface area contributed by atoms with E-state index in [1.165, 1.54) is 12.1 Å². The van der Waals surface area contributed by atoms with E-state index in [4.69, 9.17) is 5.73 Å². The molecule has 0 spiro atoms. The van der Waals surface area contributed by atoms with Gasteiger partial charge in [0.25, 0.3) is 0 Å². The van der Waals surface area contributed by atoms with E-state index in [-0.39, 0.29) is 34.5 Å². The summed E-state index contributed by atoms with van der Waals surface area (Å²) in [5.41, 5.74) is 6.13. The van der Waals surface area contributed by atoms with Crippen LogP contribution >= 0.6 is 0 Å². The van der Waals surface area contributed by atoms with Crippen LogP contribution in [0.5, 0.6) is 0 Å². The first-order valence-electron chi connectivity index (χ1n) is 4.22. The number of fused-ring (bicyclic) bond motifs is 1. The molecule has 0 aromatic heterocycles. The maximum atomic E-state index is 10.8. The molecule has 4 nitrogen and oxygen atoms in total. The zero-order valence-electron chi connectivity index (χ0n) is 8.67. The second kappa shape index (κ2) is 4.73. The molecule has 0 saturated carbocycles. The van der Waals surface area contributed by atoms with Crippen LogP contribution in [0.3, 0.4) is 0 Å². The monoisotopic (exact) mass is 245 g/mol. The molecule has 0 amide bonds. The van der Waals surface area contributed by atoms with E-state index in [1.807, 2.05) is 0 Å². The largest absolute Gasteiger partial charge is 1.00 e. The summed E-state index contributed by atoms with van der Waals surface area (Å²) in [6, 6.07) is 9.37. The van der Waals surface area contributed by atoms with Crippen LogP contribution in [0, 0.1) is 0 Å². The van der Waals surface area contributed by atoms with Gasteiger partial charge in [-0.05, 0) is 23.6 Å². The summed E-state index contributed by atoms with van der Waals surface area (Å²) in [6.07, 6.45) is 0. The van der Waals surface area contributed by atoms with Crippen molar-refractivity contribution in [3.05, 3.63) is 36.4 Å². The summed E-state index contributed by atoms with van der Waals surface area (Å²) in [7, 11) is -4.42. The van der Waals surface area contributed by atoms with Crippen LogP contribution in [0.15, 0.2) is 41.3 Å². The number of benzene rings is 2. The van der Waals surface area contributed by atoms with E-state index >= 15 is 0 Å². The number of nitrogen functional groups attached to an aromatic ring is 1. The van der Waals surface area contributed by atoms with Crippen molar-refractivity contribution in [3.63, 3.8) is 0 Å². The molecule has 0 aliphatic heterocycles. The molecule has 0 radical (unpaired) electrons. The molecule has 0 aliphatic rings. The van der Waals surface area contributed by atoms with Gasteiger partial charge >= 0.3 is 29.6 Å². The van der Waals surface area contributed by atoms with Gasteiger partial charge < -0.3 is 10.3 Å². The molecule has 0 aliphatic carbocycles. The Labute approximate surface area is 115 Å². The van der Waals surface area contributed by atoms with Gasteiger partial charge in [-0.15, -0.1) is 0 Å². The average Bonchev–Trinajstić information content (AvgIpc) is 2.16. The molecule has 16 heavy (non-hydrogen) atoms. The van der Waals surface area contributed by atoms with Crippen LogP contribution in [-0.2, 0) is 10.1 Å². The Morgan fingerprint density at radius 2 is 1.81 bits per heavy atom. The molecule has 0 fully saturated rings. The summed E-state index contributed by atoms with van der Waals surface area (Å²) in [5.74, 6) is 0. The SMILES string of the molecule is Nc1cccc2ccc(S(=O)(=O)[O-])cc12.[Na+]. The smallest absolute Gasteiger partial charge is 0.744 e. The summed E-state index contributed by atoms with van der Waals surface area (Å²) in [4.78, 5) is -0.257. The topological polar surface area (TPSA) is 83.2 Å². The molecule has 0 atom stereocenters. The average molecular weight is 245 g/mol. The van der Waals surface area contributed by atoms with E-state index in [9.17, 15) is 13.0 Å². The van der Waals surface area contributed by atoms with Crippen LogP contribution in [0.25, 0.3) is 10.8 Å². The fourth-order valence-electron chi connectivity index (χ4n) is 1.43. The molecular weight excluding hydrogens is 237 g/mol. The van der Waals surface area contributed by atoms with Crippen LogP contribution in [-0.4, -0.2) is 13.0 Å². The molecule has 6 heteroatoms. The van der Waals surface area contributed by atoms with Crippen molar-refractivity contribution in [2.75, 3.05) is 5.73 Å². The summed E-state index contributed by atoms with van der Waals surface area (Å²) in [5, 5.41) is 1.39. The molecule has 2 rings (SSSR count). The fraction of sp³-hybridized carbons (Fsp3) is 0. The van der Waals surface area contributed by atoms with Crippen LogP contribution in [0.2, 0.25) is 0 Å². The standard InChI is InChI=1S/C10H9NO3S.Na/c11-10-3-1-2-7-4-5-8(6-9(7)10)15(12,13)14;/h1-6H,11H2,(H,12,13,14);/q;+1/p-1. The van der Waals surface area contributed by atoms with Crippen molar-refractivity contribution in [1.82, 2.24) is 0 Å². The first-order chi connectivity index (χ1) is 6.98. The summed E-state index contributed by atoms with van der Waals surface area (Å²) < 4.78 is 32.4. The van der Waals surface area contributed by atoms with Gasteiger partial charge in [0.05, 0.1) is 4.90 Å². The minimum absolute atomic E-state index is 0. The maximum absolute atomic E-state index is 10.8. The minimum Gasteiger partial charge on any atom is -0.744 e. The second-order valence-corrected chi connectivity index (χ2v) is 4.56. The molecule has 0 saturated heterocycles. The first-order valence-corrected chi connectivity index (χ1v) is 5.63. The van der Waals surface area contributed by atoms with Crippen LogP contribution in [0.1, 0.15) is 0 Å². The third-order valence-electron chi connectivity index (χ3n) is 2.18. The van der Waals surface area contributed by atoms with Crippen molar-refractivity contribution >= 4 is 26.6 Å². The number of rotatable bonds is 1. The Balaban J connectivity index is 0.00000128. The van der Waals surface area contributed by atoms with Gasteiger partial charge in [-0.1, -0.05) is 18.2 Å². The second-order valence-electron chi connectivity index (χ2n) is 3.18. The molecule has 2 aromatic rings. The predicted octanol–water partition coefficient (Wildman–Crippen LogP) is -1.67. The van der Waals surface area contributed by atoms with Crippen molar-refractivity contribution in [2.24, 2.45) is 0 Å². The number of anilines is 1. The molecule has 0 unspecified atom stereocenters. The van der Waals surface area contributed by atoms with Gasteiger partial charge in [-0.2, -0.15) is 0 Å². The fourth-order valence-corrected chi connectivity index (χ4v) is 1.93. The first kappa shape index (κ1) is 13.5. The predicted molar refractivity (Wildman–Crippen MR) is 56.3 cm³/mol. The quantitative estimate of drug-likeness (QED) is 0.370. The van der Waals surface area contributed by atoms with Crippen molar-refractivity contribution in [3.8, 4) is 0 Å². The van der Waals surface area contributed by atoms with Gasteiger partial charge in [-0.25, -0.2) is 8.42 Å². The molecule has 78 valence electrons. The third kappa shape index (κ3) is 2.56. The van der Waals surface area contributed by atoms with Gasteiger partial charge in [0.15, 0.2) is 0 Å². The summed E-state index contributed by atoms with van der Waals surface area (Å²) >= 11 is 0. The van der Waals surface area contributed by atoms with Gasteiger partial charge in [-0.3, -0.25) is 0 Å². The minimum atomic E-state index is -4.42. The number of nitrogens with two attached hydrogens (primary N) is 1. The Kier molecular flexibility index (Phi) is 3.98. The zero-order valence-corrected chi connectivity index (χ0v) is 11.5. The van der Waals surface area contributed by atoms with E-state index in [2.05, 4.69) is 0 Å². The van der Waals surface area contributed by atoms with Crippen molar-refractivity contribution in [2.45, 2.75) is 4.90 Å². The number of hydrogen-bond acceptors (Lipinski definition) is 4. The van der Waals surface area contributed by atoms with Crippen molar-refractivity contribution in [1.29, 1.82) is 0 Å². The Morgan fingerprint density at radius 3 is 2.44 bits per heavy atom. The van der Waals surface area contributed by atoms with Gasteiger partial charge in [0.1, 0.15) is 10.1 Å². The molecule has 0 bridgehead atoms. The maximum Gasteiger partial charge on any atom is 1.00 e. The molecule has 2 N–H and O–H groups in total. The Hall–Kier alpha value is -0.590. The van der Waals surface area contributed by atoms with Crippen LogP contribution < -0.4 is 35.3 Å². The molecular formula is C10H8NNaO3S. The van der Waals surface area contributed by atoms with Gasteiger partial charge in [0.2, 0.25) is 0 Å². The molecule has 0 heterocycles. The van der Waals surface area contributed by atoms with Crippen molar-refractivity contribution < 1.29 is 42.5 Å².